The maximum atomic E-state index is 6.00. The highest BCUT2D eigenvalue weighted by atomic mass is 79.9. The van der Waals surface area contributed by atoms with E-state index in [2.05, 4.69) is 62.3 Å². The molecule has 0 spiro atoms. The highest BCUT2D eigenvalue weighted by Gasteiger charge is 2.08. The molecule has 0 aliphatic carbocycles. The van der Waals surface area contributed by atoms with E-state index in [0.29, 0.717) is 6.61 Å². The lowest BCUT2D eigenvalue weighted by molar-refractivity contribution is 0.300. The Morgan fingerprint density at radius 2 is 1.90 bits per heavy atom. The third-order valence-electron chi connectivity index (χ3n) is 2.89. The number of para-hydroxylation sites is 1. The van der Waals surface area contributed by atoms with Gasteiger partial charge in [0.1, 0.15) is 12.4 Å². The fraction of sp³-hybridized carbons (Fsp3) is 0.250. The van der Waals surface area contributed by atoms with E-state index in [9.17, 15) is 0 Å². The molecule has 0 unspecified atom stereocenters. The zero-order valence-electron chi connectivity index (χ0n) is 11.3. The Balaban J connectivity index is 2.11. The lowest BCUT2D eigenvalue weighted by Crippen LogP contribution is -2.13. The van der Waals surface area contributed by atoms with Gasteiger partial charge < -0.3 is 10.1 Å². The topological polar surface area (TPSA) is 21.3 Å². The molecule has 2 aromatic carbocycles. The fourth-order valence-electron chi connectivity index (χ4n) is 1.90. The molecule has 2 nitrogen and oxygen atoms in total. The SMILES string of the molecule is CCNCc1cccc(Br)c1OCc1cccc(Br)c1. The van der Waals surface area contributed by atoms with Crippen molar-refractivity contribution in [3.8, 4) is 5.75 Å². The van der Waals surface area contributed by atoms with Crippen LogP contribution >= 0.6 is 31.9 Å². The molecule has 0 fully saturated rings. The first-order valence-electron chi connectivity index (χ1n) is 6.56. The van der Waals surface area contributed by atoms with Crippen molar-refractivity contribution in [3.63, 3.8) is 0 Å². The first kappa shape index (κ1) is 15.5. The molecule has 0 aliphatic heterocycles. The number of hydrogen-bond donors (Lipinski definition) is 1. The summed E-state index contributed by atoms with van der Waals surface area (Å²) in [6, 6.07) is 14.3. The lowest BCUT2D eigenvalue weighted by atomic mass is 10.2. The maximum Gasteiger partial charge on any atom is 0.138 e. The summed E-state index contributed by atoms with van der Waals surface area (Å²) in [7, 11) is 0. The van der Waals surface area contributed by atoms with Crippen LogP contribution in [-0.4, -0.2) is 6.54 Å². The van der Waals surface area contributed by atoms with Gasteiger partial charge in [-0.25, -0.2) is 0 Å². The average Bonchev–Trinajstić information content (AvgIpc) is 2.44. The summed E-state index contributed by atoms with van der Waals surface area (Å²) >= 11 is 7.04. The van der Waals surface area contributed by atoms with E-state index in [-0.39, 0.29) is 0 Å². The monoisotopic (exact) mass is 397 g/mol. The zero-order valence-corrected chi connectivity index (χ0v) is 14.5. The molecule has 4 heteroatoms. The first-order valence-corrected chi connectivity index (χ1v) is 8.14. The van der Waals surface area contributed by atoms with Crippen LogP contribution in [0.1, 0.15) is 18.1 Å². The second-order valence-electron chi connectivity index (χ2n) is 4.43. The molecule has 0 amide bonds. The Kier molecular flexibility index (Phi) is 6.07. The van der Waals surface area contributed by atoms with Gasteiger partial charge >= 0.3 is 0 Å². The van der Waals surface area contributed by atoms with Crippen LogP contribution in [0.15, 0.2) is 51.4 Å². The van der Waals surface area contributed by atoms with Crippen LogP contribution in [0.5, 0.6) is 5.75 Å². The normalized spacial score (nSPS) is 10.6. The Hall–Kier alpha value is -0.840. The van der Waals surface area contributed by atoms with Gasteiger partial charge in [-0.15, -0.1) is 0 Å². The van der Waals surface area contributed by atoms with Gasteiger partial charge in [0.25, 0.3) is 0 Å². The molecule has 2 aromatic rings. The minimum atomic E-state index is 0.557. The molecule has 0 bridgehead atoms. The van der Waals surface area contributed by atoms with Gasteiger partial charge in [-0.05, 0) is 46.2 Å². The Bertz CT molecular complexity index is 572. The molecule has 0 aliphatic rings. The molecule has 0 saturated heterocycles. The van der Waals surface area contributed by atoms with Crippen LogP contribution in [-0.2, 0) is 13.2 Å². The molecule has 106 valence electrons. The summed E-state index contributed by atoms with van der Waals surface area (Å²) in [6.45, 7) is 4.41. The third kappa shape index (κ3) is 4.33. The molecule has 0 radical (unpaired) electrons. The molecule has 1 N–H and O–H groups in total. The highest BCUT2D eigenvalue weighted by molar-refractivity contribution is 9.10. The van der Waals surface area contributed by atoms with E-state index in [1.54, 1.807) is 0 Å². The van der Waals surface area contributed by atoms with Gasteiger partial charge in [0.2, 0.25) is 0 Å². The second kappa shape index (κ2) is 7.81. The smallest absolute Gasteiger partial charge is 0.138 e. The summed E-state index contributed by atoms with van der Waals surface area (Å²) in [4.78, 5) is 0. The van der Waals surface area contributed by atoms with Gasteiger partial charge in [-0.1, -0.05) is 47.1 Å². The maximum absolute atomic E-state index is 6.00. The molecule has 0 atom stereocenters. The van der Waals surface area contributed by atoms with Crippen LogP contribution in [0, 0.1) is 0 Å². The number of rotatable bonds is 6. The molecule has 2 rings (SSSR count). The Morgan fingerprint density at radius 3 is 2.65 bits per heavy atom. The van der Waals surface area contributed by atoms with Gasteiger partial charge in [0.15, 0.2) is 0 Å². The van der Waals surface area contributed by atoms with Gasteiger partial charge in [0.05, 0.1) is 4.47 Å². The third-order valence-corrected chi connectivity index (χ3v) is 4.00. The lowest BCUT2D eigenvalue weighted by Gasteiger charge is -2.14. The van der Waals surface area contributed by atoms with Crippen LogP contribution in [0.3, 0.4) is 0 Å². The van der Waals surface area contributed by atoms with E-state index in [0.717, 1.165) is 38.9 Å². The minimum Gasteiger partial charge on any atom is -0.487 e. The minimum absolute atomic E-state index is 0.557. The largest absolute Gasteiger partial charge is 0.487 e. The number of nitrogens with one attached hydrogen (secondary N) is 1. The summed E-state index contributed by atoms with van der Waals surface area (Å²) in [5.74, 6) is 0.911. The van der Waals surface area contributed by atoms with Crippen molar-refractivity contribution in [3.05, 3.63) is 62.5 Å². The zero-order chi connectivity index (χ0) is 14.4. The van der Waals surface area contributed by atoms with E-state index >= 15 is 0 Å². The summed E-state index contributed by atoms with van der Waals surface area (Å²) < 4.78 is 8.06. The van der Waals surface area contributed by atoms with Crippen LogP contribution in [0.4, 0.5) is 0 Å². The predicted octanol–water partition coefficient (Wildman–Crippen LogP) is 4.90. The van der Waals surface area contributed by atoms with E-state index in [4.69, 9.17) is 4.74 Å². The summed E-state index contributed by atoms with van der Waals surface area (Å²) in [6.07, 6.45) is 0. The van der Waals surface area contributed by atoms with Crippen molar-refractivity contribution < 1.29 is 4.74 Å². The van der Waals surface area contributed by atoms with Crippen LogP contribution in [0.25, 0.3) is 0 Å². The highest BCUT2D eigenvalue weighted by Crippen LogP contribution is 2.30. The molecular formula is C16H17Br2NO. The van der Waals surface area contributed by atoms with Gasteiger partial charge in [-0.3, -0.25) is 0 Å². The van der Waals surface area contributed by atoms with Crippen molar-refractivity contribution in [1.29, 1.82) is 0 Å². The quantitative estimate of drug-likeness (QED) is 0.747. The first-order chi connectivity index (χ1) is 9.70. The van der Waals surface area contributed by atoms with E-state index < -0.39 is 0 Å². The van der Waals surface area contributed by atoms with Crippen LogP contribution < -0.4 is 10.1 Å². The van der Waals surface area contributed by atoms with Crippen molar-refractivity contribution in [2.24, 2.45) is 0 Å². The summed E-state index contributed by atoms with van der Waals surface area (Å²) in [5, 5.41) is 3.33. The van der Waals surface area contributed by atoms with Gasteiger partial charge in [-0.2, -0.15) is 0 Å². The van der Waals surface area contributed by atoms with E-state index in [1.165, 1.54) is 0 Å². The summed E-state index contributed by atoms with van der Waals surface area (Å²) in [5.41, 5.74) is 2.31. The molecule has 20 heavy (non-hydrogen) atoms. The molecule has 0 heterocycles. The Morgan fingerprint density at radius 1 is 1.10 bits per heavy atom. The van der Waals surface area contributed by atoms with E-state index in [1.807, 2.05) is 24.3 Å². The predicted molar refractivity (Wildman–Crippen MR) is 90.0 cm³/mol. The Labute approximate surface area is 136 Å². The number of hydrogen-bond acceptors (Lipinski definition) is 2. The number of benzene rings is 2. The van der Waals surface area contributed by atoms with Crippen molar-refractivity contribution in [2.45, 2.75) is 20.1 Å². The molecular weight excluding hydrogens is 382 g/mol. The van der Waals surface area contributed by atoms with Crippen molar-refractivity contribution in [1.82, 2.24) is 5.32 Å². The average molecular weight is 399 g/mol. The van der Waals surface area contributed by atoms with Crippen molar-refractivity contribution >= 4 is 31.9 Å². The van der Waals surface area contributed by atoms with Gasteiger partial charge in [0, 0.05) is 16.6 Å². The number of halogens is 2. The fourth-order valence-corrected chi connectivity index (χ4v) is 2.86. The number of ether oxygens (including phenoxy) is 1. The molecule has 0 aromatic heterocycles. The van der Waals surface area contributed by atoms with Crippen molar-refractivity contribution in [2.75, 3.05) is 6.54 Å². The standard InChI is InChI=1S/C16H17Br2NO/c1-2-19-10-13-6-4-8-15(18)16(13)20-11-12-5-3-7-14(17)9-12/h3-9,19H,2,10-11H2,1H3. The molecule has 0 saturated carbocycles. The van der Waals surface area contributed by atoms with Crippen LogP contribution in [0.2, 0.25) is 0 Å². The second-order valence-corrected chi connectivity index (χ2v) is 6.20.